The molecule has 0 unspecified atom stereocenters. The zero-order valence-electron chi connectivity index (χ0n) is 11.7. The summed E-state index contributed by atoms with van der Waals surface area (Å²) in [5.41, 5.74) is -0.923. The first kappa shape index (κ1) is 15.6. The molecule has 0 saturated carbocycles. The van der Waals surface area contributed by atoms with Crippen LogP contribution in [-0.2, 0) is 9.59 Å². The second-order valence-corrected chi connectivity index (χ2v) is 5.93. The fourth-order valence-electron chi connectivity index (χ4n) is 2.11. The van der Waals surface area contributed by atoms with E-state index in [0.29, 0.717) is 17.8 Å². The Morgan fingerprint density at radius 1 is 1.48 bits per heavy atom. The fourth-order valence-corrected chi connectivity index (χ4v) is 2.42. The Balaban J connectivity index is 1.95. The molecule has 1 aliphatic rings. The summed E-state index contributed by atoms with van der Waals surface area (Å²) in [5, 5.41) is 5.20. The highest BCUT2D eigenvalue weighted by molar-refractivity contribution is 9.10. The summed E-state index contributed by atoms with van der Waals surface area (Å²) in [6.07, 6.45) is 0. The second-order valence-electron chi connectivity index (χ2n) is 5.15. The number of nitrogens with zero attached hydrogens (tertiary/aromatic N) is 1. The average Bonchev–Trinajstić information content (AvgIpc) is 2.85. The van der Waals surface area contributed by atoms with Crippen molar-refractivity contribution in [2.75, 3.05) is 19.6 Å². The molecule has 21 heavy (non-hydrogen) atoms. The van der Waals surface area contributed by atoms with Crippen LogP contribution in [0.3, 0.4) is 0 Å². The minimum absolute atomic E-state index is 0.116. The van der Waals surface area contributed by atoms with Crippen molar-refractivity contribution in [3.8, 4) is 0 Å². The maximum absolute atomic E-state index is 12.2. The number of furan rings is 1. The zero-order valence-corrected chi connectivity index (χ0v) is 13.3. The lowest BCUT2D eigenvalue weighted by Crippen LogP contribution is -2.64. The third-order valence-electron chi connectivity index (χ3n) is 3.35. The zero-order chi connectivity index (χ0) is 15.6. The number of halogens is 1. The highest BCUT2D eigenvalue weighted by atomic mass is 79.9. The van der Waals surface area contributed by atoms with Gasteiger partial charge in [-0.15, -0.1) is 0 Å². The van der Waals surface area contributed by atoms with E-state index in [2.05, 4.69) is 26.6 Å². The number of rotatable bonds is 3. The molecule has 1 aliphatic heterocycles. The lowest BCUT2D eigenvalue weighted by molar-refractivity contribution is -0.148. The Morgan fingerprint density at radius 2 is 2.19 bits per heavy atom. The van der Waals surface area contributed by atoms with Gasteiger partial charge in [0.2, 0.25) is 11.8 Å². The summed E-state index contributed by atoms with van der Waals surface area (Å²) >= 11 is 3.10. The molecule has 0 spiro atoms. The molecule has 3 amide bonds. The summed E-state index contributed by atoms with van der Waals surface area (Å²) in [5.74, 6) is -0.879. The molecule has 0 aliphatic carbocycles. The first-order valence-corrected chi connectivity index (χ1v) is 7.24. The molecule has 2 rings (SSSR count). The molecule has 1 aromatic heterocycles. The first-order chi connectivity index (χ1) is 9.82. The lowest BCUT2D eigenvalue weighted by Gasteiger charge is -2.41. The van der Waals surface area contributed by atoms with E-state index in [1.54, 1.807) is 19.9 Å². The molecule has 7 nitrogen and oxygen atoms in total. The molecule has 1 fully saturated rings. The van der Waals surface area contributed by atoms with E-state index in [4.69, 9.17) is 4.42 Å². The topological polar surface area (TPSA) is 91.7 Å². The third-order valence-corrected chi connectivity index (χ3v) is 3.78. The third kappa shape index (κ3) is 3.26. The molecule has 0 radical (unpaired) electrons. The number of carbonyl (C=O) groups is 3. The predicted octanol–water partition coefficient (Wildman–Crippen LogP) is 0.509. The lowest BCUT2D eigenvalue weighted by atomic mass is 9.99. The summed E-state index contributed by atoms with van der Waals surface area (Å²) < 4.78 is 5.53. The number of hydrogen-bond donors (Lipinski definition) is 2. The van der Waals surface area contributed by atoms with Gasteiger partial charge < -0.3 is 20.0 Å². The SMILES string of the molecule is CC1(C)C(=O)NCCN1C(=O)CNC(=O)c1ccc(Br)o1. The van der Waals surface area contributed by atoms with Gasteiger partial charge in [0.05, 0.1) is 6.54 Å². The Labute approximate surface area is 130 Å². The molecule has 114 valence electrons. The van der Waals surface area contributed by atoms with Gasteiger partial charge in [-0.25, -0.2) is 0 Å². The van der Waals surface area contributed by atoms with E-state index in [-0.39, 0.29) is 24.1 Å². The smallest absolute Gasteiger partial charge is 0.287 e. The van der Waals surface area contributed by atoms with E-state index in [0.717, 1.165) is 0 Å². The van der Waals surface area contributed by atoms with Gasteiger partial charge in [0.15, 0.2) is 10.4 Å². The largest absolute Gasteiger partial charge is 0.444 e. The van der Waals surface area contributed by atoms with Crippen LogP contribution in [-0.4, -0.2) is 47.8 Å². The van der Waals surface area contributed by atoms with Crippen LogP contribution in [0.25, 0.3) is 0 Å². The summed E-state index contributed by atoms with van der Waals surface area (Å²) in [6.45, 7) is 3.98. The van der Waals surface area contributed by atoms with E-state index in [1.165, 1.54) is 11.0 Å². The van der Waals surface area contributed by atoms with Gasteiger partial charge in [-0.05, 0) is 41.9 Å². The molecular weight excluding hydrogens is 342 g/mol. The standard InChI is InChI=1S/C13H16BrN3O4/c1-13(2)12(20)15-5-6-17(13)10(18)7-16-11(19)8-3-4-9(14)21-8/h3-4H,5-7H2,1-2H3,(H,15,20)(H,16,19). The number of hydrogen-bond acceptors (Lipinski definition) is 4. The summed E-state index contributed by atoms with van der Waals surface area (Å²) in [6, 6.07) is 3.09. The van der Waals surface area contributed by atoms with Crippen LogP contribution in [0.1, 0.15) is 24.4 Å². The van der Waals surface area contributed by atoms with E-state index >= 15 is 0 Å². The van der Waals surface area contributed by atoms with Crippen molar-refractivity contribution in [1.82, 2.24) is 15.5 Å². The first-order valence-electron chi connectivity index (χ1n) is 6.44. The van der Waals surface area contributed by atoms with Crippen molar-refractivity contribution in [2.45, 2.75) is 19.4 Å². The van der Waals surface area contributed by atoms with Gasteiger partial charge >= 0.3 is 0 Å². The van der Waals surface area contributed by atoms with Gasteiger partial charge in [0.25, 0.3) is 5.91 Å². The minimum atomic E-state index is -0.923. The Hall–Kier alpha value is -1.83. The number of carbonyl (C=O) groups excluding carboxylic acids is 3. The molecule has 0 aromatic carbocycles. The van der Waals surface area contributed by atoms with Crippen LogP contribution >= 0.6 is 15.9 Å². The van der Waals surface area contributed by atoms with Crippen molar-refractivity contribution in [1.29, 1.82) is 0 Å². The normalized spacial score (nSPS) is 17.3. The van der Waals surface area contributed by atoms with Gasteiger partial charge in [-0.3, -0.25) is 14.4 Å². The molecule has 1 saturated heterocycles. The van der Waals surface area contributed by atoms with Crippen molar-refractivity contribution >= 4 is 33.7 Å². The minimum Gasteiger partial charge on any atom is -0.444 e. The maximum atomic E-state index is 12.2. The van der Waals surface area contributed by atoms with Crippen LogP contribution in [0.5, 0.6) is 0 Å². The number of piperazine rings is 1. The highest BCUT2D eigenvalue weighted by Gasteiger charge is 2.40. The molecule has 0 atom stereocenters. The monoisotopic (exact) mass is 357 g/mol. The van der Waals surface area contributed by atoms with Gasteiger partial charge in [0.1, 0.15) is 5.54 Å². The Bertz CT molecular complexity index is 582. The number of amides is 3. The van der Waals surface area contributed by atoms with Crippen molar-refractivity contribution in [3.05, 3.63) is 22.6 Å². The van der Waals surface area contributed by atoms with Crippen molar-refractivity contribution in [2.24, 2.45) is 0 Å². The average molecular weight is 358 g/mol. The molecule has 1 aromatic rings. The van der Waals surface area contributed by atoms with Crippen LogP contribution in [0.2, 0.25) is 0 Å². The van der Waals surface area contributed by atoms with E-state index < -0.39 is 11.4 Å². The van der Waals surface area contributed by atoms with Crippen LogP contribution in [0, 0.1) is 0 Å². The molecule has 2 heterocycles. The Kier molecular flexibility index (Phi) is 4.36. The van der Waals surface area contributed by atoms with Crippen LogP contribution in [0.15, 0.2) is 21.2 Å². The Morgan fingerprint density at radius 3 is 2.81 bits per heavy atom. The van der Waals surface area contributed by atoms with Crippen LogP contribution < -0.4 is 10.6 Å². The number of nitrogens with one attached hydrogen (secondary N) is 2. The van der Waals surface area contributed by atoms with E-state index in [9.17, 15) is 14.4 Å². The van der Waals surface area contributed by atoms with Gasteiger partial charge in [-0.2, -0.15) is 0 Å². The maximum Gasteiger partial charge on any atom is 0.287 e. The molecule has 8 heteroatoms. The van der Waals surface area contributed by atoms with Crippen LogP contribution in [0.4, 0.5) is 0 Å². The van der Waals surface area contributed by atoms with Crippen molar-refractivity contribution in [3.63, 3.8) is 0 Å². The summed E-state index contributed by atoms with van der Waals surface area (Å²) in [4.78, 5) is 37.2. The van der Waals surface area contributed by atoms with Gasteiger partial charge in [0, 0.05) is 13.1 Å². The van der Waals surface area contributed by atoms with Crippen molar-refractivity contribution < 1.29 is 18.8 Å². The molecule has 0 bridgehead atoms. The molecule has 2 N–H and O–H groups in total. The highest BCUT2D eigenvalue weighted by Crippen LogP contribution is 2.17. The summed E-state index contributed by atoms with van der Waals surface area (Å²) in [7, 11) is 0. The second kappa shape index (κ2) is 5.88. The quantitative estimate of drug-likeness (QED) is 0.824. The fraction of sp³-hybridized carbons (Fsp3) is 0.462. The van der Waals surface area contributed by atoms with Gasteiger partial charge in [-0.1, -0.05) is 0 Å². The molecular formula is C13H16BrN3O4. The predicted molar refractivity (Wildman–Crippen MR) is 77.5 cm³/mol. The van der Waals surface area contributed by atoms with E-state index in [1.807, 2.05) is 0 Å².